The number of carbonyl (C=O) groups is 1. The lowest BCUT2D eigenvalue weighted by Crippen LogP contribution is -2.58. The predicted octanol–water partition coefficient (Wildman–Crippen LogP) is 4.21. The number of amides is 2. The third-order valence-electron chi connectivity index (χ3n) is 7.51. The van der Waals surface area contributed by atoms with Gasteiger partial charge in [0.2, 0.25) is 0 Å². The van der Waals surface area contributed by atoms with Crippen molar-refractivity contribution in [1.82, 2.24) is 15.1 Å². The van der Waals surface area contributed by atoms with Gasteiger partial charge in [-0.3, -0.25) is 0 Å². The SMILES string of the molecule is C[C@]1(CNC(=O)N2CCc3ccccc3[C@@H]2c2cccc(F)c2)CN2CCC1CC2. The third-order valence-corrected chi connectivity index (χ3v) is 7.51. The molecule has 2 atom stereocenters. The van der Waals surface area contributed by atoms with Gasteiger partial charge in [-0.25, -0.2) is 9.18 Å². The van der Waals surface area contributed by atoms with Gasteiger partial charge < -0.3 is 15.1 Å². The molecule has 3 saturated heterocycles. The zero-order valence-corrected chi connectivity index (χ0v) is 17.6. The standard InChI is InChI=1S/C25H30FN3O/c1-25(17-28-12-10-20(25)11-13-28)16-27-24(30)29-14-9-18-5-2-3-8-22(18)23(29)19-6-4-7-21(26)15-19/h2-8,15,20,23H,9-14,16-17H2,1H3,(H,27,30)/t23-,25-/m0/s1. The summed E-state index contributed by atoms with van der Waals surface area (Å²) >= 11 is 0. The number of nitrogens with one attached hydrogen (secondary N) is 1. The summed E-state index contributed by atoms with van der Waals surface area (Å²) in [7, 11) is 0. The summed E-state index contributed by atoms with van der Waals surface area (Å²) in [5.41, 5.74) is 3.29. The van der Waals surface area contributed by atoms with Crippen molar-refractivity contribution in [2.24, 2.45) is 11.3 Å². The van der Waals surface area contributed by atoms with Gasteiger partial charge in [0.1, 0.15) is 5.82 Å². The van der Waals surface area contributed by atoms with Crippen LogP contribution in [0.15, 0.2) is 48.5 Å². The minimum Gasteiger partial charge on any atom is -0.337 e. The Morgan fingerprint density at radius 2 is 1.93 bits per heavy atom. The first-order valence-electron chi connectivity index (χ1n) is 11.1. The van der Waals surface area contributed by atoms with E-state index in [9.17, 15) is 9.18 Å². The molecule has 6 rings (SSSR count). The highest BCUT2D eigenvalue weighted by atomic mass is 19.1. The van der Waals surface area contributed by atoms with E-state index in [-0.39, 0.29) is 23.3 Å². The number of nitrogens with zero attached hydrogens (tertiary/aromatic N) is 2. The van der Waals surface area contributed by atoms with Crippen LogP contribution in [0.2, 0.25) is 0 Å². The van der Waals surface area contributed by atoms with Crippen LogP contribution in [0, 0.1) is 17.2 Å². The Labute approximate surface area is 178 Å². The second-order valence-electron chi connectivity index (χ2n) is 9.46. The fourth-order valence-electron chi connectivity index (χ4n) is 5.83. The summed E-state index contributed by atoms with van der Waals surface area (Å²) in [6.07, 6.45) is 3.29. The van der Waals surface area contributed by atoms with Crippen LogP contribution in [-0.4, -0.2) is 48.6 Å². The fraction of sp³-hybridized carbons (Fsp3) is 0.480. The Kier molecular flexibility index (Phi) is 5.02. The molecule has 0 spiro atoms. The molecule has 0 unspecified atom stereocenters. The maximum atomic E-state index is 14.0. The number of hydrogen-bond donors (Lipinski definition) is 1. The molecule has 4 aliphatic heterocycles. The van der Waals surface area contributed by atoms with Crippen molar-refractivity contribution in [1.29, 1.82) is 0 Å². The highest BCUT2D eigenvalue weighted by molar-refractivity contribution is 5.76. The van der Waals surface area contributed by atoms with Crippen LogP contribution in [-0.2, 0) is 6.42 Å². The first-order valence-corrected chi connectivity index (χ1v) is 11.1. The average Bonchev–Trinajstić information content (AvgIpc) is 2.77. The van der Waals surface area contributed by atoms with Crippen LogP contribution in [0.5, 0.6) is 0 Å². The van der Waals surface area contributed by atoms with E-state index in [0.29, 0.717) is 19.0 Å². The Morgan fingerprint density at radius 3 is 2.67 bits per heavy atom. The number of rotatable bonds is 3. The first kappa shape index (κ1) is 19.6. The third kappa shape index (κ3) is 3.49. The largest absolute Gasteiger partial charge is 0.337 e. The molecule has 4 heterocycles. The van der Waals surface area contributed by atoms with E-state index >= 15 is 0 Å². The van der Waals surface area contributed by atoms with Crippen LogP contribution in [0.4, 0.5) is 9.18 Å². The molecule has 3 fully saturated rings. The lowest BCUT2D eigenvalue weighted by Gasteiger charge is -2.52. The number of halogens is 1. The van der Waals surface area contributed by atoms with Crippen molar-refractivity contribution in [3.63, 3.8) is 0 Å². The molecular formula is C25H30FN3O. The molecule has 2 amide bonds. The smallest absolute Gasteiger partial charge is 0.318 e. The molecule has 2 aromatic rings. The second-order valence-corrected chi connectivity index (χ2v) is 9.46. The maximum Gasteiger partial charge on any atom is 0.318 e. The summed E-state index contributed by atoms with van der Waals surface area (Å²) < 4.78 is 14.0. The van der Waals surface area contributed by atoms with E-state index in [1.54, 1.807) is 12.1 Å². The van der Waals surface area contributed by atoms with Gasteiger partial charge in [-0.05, 0) is 67.1 Å². The van der Waals surface area contributed by atoms with Crippen molar-refractivity contribution in [2.75, 3.05) is 32.7 Å². The molecule has 0 saturated carbocycles. The second kappa shape index (κ2) is 7.69. The molecular weight excluding hydrogens is 377 g/mol. The maximum absolute atomic E-state index is 14.0. The van der Waals surface area contributed by atoms with Crippen molar-refractivity contribution < 1.29 is 9.18 Å². The number of hydrogen-bond acceptors (Lipinski definition) is 2. The average molecular weight is 408 g/mol. The lowest BCUT2D eigenvalue weighted by atomic mass is 9.68. The van der Waals surface area contributed by atoms with Crippen LogP contribution in [0.3, 0.4) is 0 Å². The molecule has 5 heteroatoms. The molecule has 30 heavy (non-hydrogen) atoms. The number of urea groups is 1. The highest BCUT2D eigenvalue weighted by Crippen LogP contribution is 2.41. The summed E-state index contributed by atoms with van der Waals surface area (Å²) in [6, 6.07) is 14.6. The van der Waals surface area contributed by atoms with Gasteiger partial charge in [-0.15, -0.1) is 0 Å². The molecule has 0 aliphatic carbocycles. The minimum absolute atomic E-state index is 0.0450. The van der Waals surface area contributed by atoms with Gasteiger partial charge >= 0.3 is 6.03 Å². The van der Waals surface area contributed by atoms with Crippen LogP contribution >= 0.6 is 0 Å². The number of piperidine rings is 3. The predicted molar refractivity (Wildman–Crippen MR) is 116 cm³/mol. The summed E-state index contributed by atoms with van der Waals surface area (Å²) in [6.45, 7) is 7.10. The normalized spacial score (nSPS) is 30.1. The van der Waals surface area contributed by atoms with Gasteiger partial charge in [0.15, 0.2) is 0 Å². The number of benzene rings is 2. The van der Waals surface area contributed by atoms with Crippen LogP contribution in [0.1, 0.15) is 42.5 Å². The Bertz CT molecular complexity index is 939. The molecule has 2 bridgehead atoms. The van der Waals surface area contributed by atoms with E-state index in [2.05, 4.69) is 29.3 Å². The van der Waals surface area contributed by atoms with Gasteiger partial charge in [0.05, 0.1) is 6.04 Å². The topological polar surface area (TPSA) is 35.6 Å². The monoisotopic (exact) mass is 407 g/mol. The van der Waals surface area contributed by atoms with Crippen molar-refractivity contribution in [2.45, 2.75) is 32.2 Å². The molecule has 2 aromatic carbocycles. The van der Waals surface area contributed by atoms with Crippen molar-refractivity contribution in [3.05, 3.63) is 71.0 Å². The van der Waals surface area contributed by atoms with E-state index in [4.69, 9.17) is 0 Å². The van der Waals surface area contributed by atoms with Gasteiger partial charge in [-0.2, -0.15) is 0 Å². The molecule has 4 nitrogen and oxygen atoms in total. The number of fused-ring (bicyclic) bond motifs is 4. The Hall–Kier alpha value is -2.40. The quantitative estimate of drug-likeness (QED) is 0.827. The van der Waals surface area contributed by atoms with E-state index in [1.165, 1.54) is 37.6 Å². The zero-order valence-electron chi connectivity index (χ0n) is 17.6. The van der Waals surface area contributed by atoms with Crippen LogP contribution in [0.25, 0.3) is 0 Å². The molecule has 0 aromatic heterocycles. The summed E-state index contributed by atoms with van der Waals surface area (Å²) in [4.78, 5) is 17.8. The molecule has 158 valence electrons. The zero-order chi connectivity index (χ0) is 20.7. The van der Waals surface area contributed by atoms with Gasteiger partial charge in [-0.1, -0.05) is 43.3 Å². The van der Waals surface area contributed by atoms with Crippen molar-refractivity contribution in [3.8, 4) is 0 Å². The molecule has 1 N–H and O–H groups in total. The highest BCUT2D eigenvalue weighted by Gasteiger charge is 2.43. The minimum atomic E-state index is -0.268. The van der Waals surface area contributed by atoms with Gasteiger partial charge in [0, 0.05) is 25.0 Å². The van der Waals surface area contributed by atoms with Gasteiger partial charge in [0.25, 0.3) is 0 Å². The molecule has 0 radical (unpaired) electrons. The van der Waals surface area contributed by atoms with E-state index < -0.39 is 0 Å². The Balaban J connectivity index is 1.39. The van der Waals surface area contributed by atoms with Crippen LogP contribution < -0.4 is 5.32 Å². The summed E-state index contributed by atoms with van der Waals surface area (Å²) in [5.74, 6) is 0.416. The van der Waals surface area contributed by atoms with E-state index in [1.807, 2.05) is 23.1 Å². The van der Waals surface area contributed by atoms with E-state index in [0.717, 1.165) is 24.1 Å². The number of carbonyl (C=O) groups excluding carboxylic acids is 1. The van der Waals surface area contributed by atoms with Crippen molar-refractivity contribution >= 4 is 6.03 Å². The Morgan fingerprint density at radius 1 is 1.13 bits per heavy atom. The molecule has 4 aliphatic rings. The summed E-state index contributed by atoms with van der Waals surface area (Å²) in [5, 5.41) is 3.26. The first-order chi connectivity index (χ1) is 14.5. The fourth-order valence-corrected chi connectivity index (χ4v) is 5.83. The lowest BCUT2D eigenvalue weighted by molar-refractivity contribution is -0.0150.